The van der Waals surface area contributed by atoms with Gasteiger partial charge in [-0.15, -0.1) is 0 Å². The predicted molar refractivity (Wildman–Crippen MR) is 127 cm³/mol. The molecule has 0 fully saturated rings. The van der Waals surface area contributed by atoms with Gasteiger partial charge in [0.1, 0.15) is 4.70 Å². The van der Waals surface area contributed by atoms with Gasteiger partial charge in [-0.2, -0.15) is 10.1 Å². The highest BCUT2D eigenvalue weighted by molar-refractivity contribution is 7.22. The van der Waals surface area contributed by atoms with E-state index in [4.69, 9.17) is 0 Å². The fourth-order valence-electron chi connectivity index (χ4n) is 3.24. The number of thiazole rings is 1. The maximum atomic E-state index is 13.1. The van der Waals surface area contributed by atoms with Gasteiger partial charge < -0.3 is 10.4 Å². The van der Waals surface area contributed by atoms with Crippen LogP contribution in [0.1, 0.15) is 67.4 Å². The van der Waals surface area contributed by atoms with Crippen LogP contribution in [0.2, 0.25) is 0 Å². The maximum Gasteiger partial charge on any atom is 0.273 e. The summed E-state index contributed by atoms with van der Waals surface area (Å²) < 4.78 is 2.30. The number of benzene rings is 1. The lowest BCUT2D eigenvalue weighted by molar-refractivity contribution is 0.0886. The van der Waals surface area contributed by atoms with Crippen molar-refractivity contribution in [3.8, 4) is 0 Å². The van der Waals surface area contributed by atoms with Gasteiger partial charge in [0, 0.05) is 5.56 Å². The number of hydrogen-bond donors (Lipinski definition) is 3. The summed E-state index contributed by atoms with van der Waals surface area (Å²) in [6, 6.07) is 6.91. The number of rotatable bonds is 7. The number of carbonyl (C=O) groups excluding carboxylic acids is 2. The van der Waals surface area contributed by atoms with Gasteiger partial charge in [-0.25, -0.2) is 4.68 Å². The minimum Gasteiger partial charge on any atom is -0.394 e. The first kappa shape index (κ1) is 23.9. The molecule has 0 aliphatic heterocycles. The molecule has 1 aromatic carbocycles. The number of aromatic nitrogens is 3. The van der Waals surface area contributed by atoms with Crippen LogP contribution in [0.25, 0.3) is 10.3 Å². The number of amides is 2. The van der Waals surface area contributed by atoms with E-state index in [0.717, 1.165) is 12.0 Å². The summed E-state index contributed by atoms with van der Waals surface area (Å²) in [5.74, 6) is -0.507. The third-order valence-corrected chi connectivity index (χ3v) is 6.42. The monoisotopic (exact) mass is 457 g/mol. The molecule has 0 aliphatic carbocycles. The molecule has 2 aromatic heterocycles. The summed E-state index contributed by atoms with van der Waals surface area (Å²) >= 11 is 1.21. The van der Waals surface area contributed by atoms with Crippen molar-refractivity contribution in [2.24, 2.45) is 5.92 Å². The van der Waals surface area contributed by atoms with Crippen LogP contribution in [-0.4, -0.2) is 44.3 Å². The SMILES string of the molecule is CC[C@H](C)[C@@H](CO)NC(=O)c1nn(C(C)(C)C)c2nc(NC(=O)c3ccc(C)cc3)sc12. The van der Waals surface area contributed by atoms with Crippen molar-refractivity contribution in [1.82, 2.24) is 20.1 Å². The second-order valence-corrected chi connectivity index (χ2v) is 10.1. The smallest absolute Gasteiger partial charge is 0.273 e. The van der Waals surface area contributed by atoms with Crippen molar-refractivity contribution in [3.05, 3.63) is 41.1 Å². The minimum atomic E-state index is -0.420. The molecule has 0 saturated carbocycles. The average molecular weight is 458 g/mol. The lowest BCUT2D eigenvalue weighted by Gasteiger charge is -2.22. The summed E-state index contributed by atoms with van der Waals surface area (Å²) in [6.07, 6.45) is 0.826. The number of nitrogens with zero attached hydrogens (tertiary/aromatic N) is 3. The van der Waals surface area contributed by atoms with E-state index in [1.165, 1.54) is 11.3 Å². The van der Waals surface area contributed by atoms with Gasteiger partial charge in [0.05, 0.1) is 18.2 Å². The molecule has 0 saturated heterocycles. The quantitative estimate of drug-likeness (QED) is 0.498. The Labute approximate surface area is 192 Å². The molecular weight excluding hydrogens is 426 g/mol. The van der Waals surface area contributed by atoms with Crippen LogP contribution in [0.15, 0.2) is 24.3 Å². The normalized spacial score (nSPS) is 13.7. The molecule has 0 radical (unpaired) electrons. The van der Waals surface area contributed by atoms with E-state index in [1.54, 1.807) is 16.8 Å². The first-order valence-electron chi connectivity index (χ1n) is 10.7. The number of aliphatic hydroxyl groups is 1. The highest BCUT2D eigenvalue weighted by Gasteiger charge is 2.29. The molecule has 172 valence electrons. The zero-order chi connectivity index (χ0) is 23.6. The first-order valence-corrected chi connectivity index (χ1v) is 11.6. The summed E-state index contributed by atoms with van der Waals surface area (Å²) in [4.78, 5) is 30.3. The van der Waals surface area contributed by atoms with Crippen molar-refractivity contribution in [2.45, 2.75) is 59.5 Å². The predicted octanol–water partition coefficient (Wildman–Crippen LogP) is 3.95. The molecule has 0 aliphatic rings. The lowest BCUT2D eigenvalue weighted by atomic mass is 10.00. The lowest BCUT2D eigenvalue weighted by Crippen LogP contribution is -2.42. The van der Waals surface area contributed by atoms with Crippen LogP contribution in [-0.2, 0) is 5.54 Å². The molecule has 2 atom stereocenters. The number of nitrogens with one attached hydrogen (secondary N) is 2. The Morgan fingerprint density at radius 2 is 1.84 bits per heavy atom. The number of fused-ring (bicyclic) bond motifs is 1. The summed E-state index contributed by atoms with van der Waals surface area (Å²) in [5, 5.41) is 20.4. The van der Waals surface area contributed by atoms with E-state index in [-0.39, 0.29) is 36.1 Å². The standard InChI is InChI=1S/C23H31N5O3S/c1-7-14(3)16(12-29)24-21(31)17-18-19(28(27-17)23(4,5)6)25-22(32-18)26-20(30)15-10-8-13(2)9-11-15/h8-11,14,16,29H,7,12H2,1-6H3,(H,24,31)(H,25,26,30)/t14-,16+/m0/s1. The zero-order valence-corrected chi connectivity index (χ0v) is 20.2. The van der Waals surface area contributed by atoms with Crippen LogP contribution in [0, 0.1) is 12.8 Å². The topological polar surface area (TPSA) is 109 Å². The van der Waals surface area contributed by atoms with Gasteiger partial charge in [-0.3, -0.25) is 14.9 Å². The summed E-state index contributed by atoms with van der Waals surface area (Å²) in [6.45, 7) is 11.7. The third-order valence-electron chi connectivity index (χ3n) is 5.45. The Morgan fingerprint density at radius 3 is 2.41 bits per heavy atom. The van der Waals surface area contributed by atoms with Crippen LogP contribution < -0.4 is 10.6 Å². The Balaban J connectivity index is 1.95. The highest BCUT2D eigenvalue weighted by Crippen LogP contribution is 2.32. The second kappa shape index (κ2) is 9.38. The molecule has 2 amide bonds. The van der Waals surface area contributed by atoms with E-state index in [2.05, 4.69) is 20.7 Å². The van der Waals surface area contributed by atoms with E-state index >= 15 is 0 Å². The maximum absolute atomic E-state index is 13.1. The van der Waals surface area contributed by atoms with E-state index < -0.39 is 5.54 Å². The first-order chi connectivity index (χ1) is 15.0. The van der Waals surface area contributed by atoms with E-state index in [1.807, 2.05) is 53.7 Å². The molecule has 2 heterocycles. The van der Waals surface area contributed by atoms with Gasteiger partial charge in [-0.1, -0.05) is 49.3 Å². The Kier molecular flexibility index (Phi) is 7.00. The Hall–Kier alpha value is -2.78. The van der Waals surface area contributed by atoms with Gasteiger partial charge in [0.25, 0.3) is 11.8 Å². The van der Waals surface area contributed by atoms with Crippen molar-refractivity contribution >= 4 is 38.6 Å². The average Bonchev–Trinajstić information content (AvgIpc) is 3.29. The largest absolute Gasteiger partial charge is 0.394 e. The minimum absolute atomic E-state index is 0.120. The van der Waals surface area contributed by atoms with Crippen LogP contribution in [0.4, 0.5) is 5.13 Å². The molecule has 0 spiro atoms. The number of aryl methyl sites for hydroxylation is 1. The van der Waals surface area contributed by atoms with Gasteiger partial charge in [-0.05, 0) is 45.7 Å². The van der Waals surface area contributed by atoms with Crippen molar-refractivity contribution < 1.29 is 14.7 Å². The van der Waals surface area contributed by atoms with Crippen LogP contribution in [0.5, 0.6) is 0 Å². The number of carbonyl (C=O) groups is 2. The van der Waals surface area contributed by atoms with Crippen molar-refractivity contribution in [2.75, 3.05) is 11.9 Å². The van der Waals surface area contributed by atoms with Gasteiger partial charge in [0.15, 0.2) is 16.5 Å². The molecule has 0 unspecified atom stereocenters. The van der Waals surface area contributed by atoms with Gasteiger partial charge >= 0.3 is 0 Å². The number of aliphatic hydroxyl groups excluding tert-OH is 1. The fraction of sp³-hybridized carbons (Fsp3) is 0.478. The van der Waals surface area contributed by atoms with Crippen LogP contribution in [0.3, 0.4) is 0 Å². The molecule has 3 rings (SSSR count). The molecular formula is C23H31N5O3S. The van der Waals surface area contributed by atoms with E-state index in [9.17, 15) is 14.7 Å². The molecule has 3 aromatic rings. The molecule has 3 N–H and O–H groups in total. The third kappa shape index (κ3) is 4.99. The second-order valence-electron chi connectivity index (χ2n) is 9.07. The van der Waals surface area contributed by atoms with Crippen LogP contribution >= 0.6 is 11.3 Å². The Morgan fingerprint density at radius 1 is 1.19 bits per heavy atom. The van der Waals surface area contributed by atoms with Crippen molar-refractivity contribution in [1.29, 1.82) is 0 Å². The number of hydrogen-bond acceptors (Lipinski definition) is 6. The fourth-order valence-corrected chi connectivity index (χ4v) is 4.16. The molecule has 8 nitrogen and oxygen atoms in total. The Bertz CT molecular complexity index is 1110. The van der Waals surface area contributed by atoms with E-state index in [0.29, 0.717) is 21.0 Å². The summed E-state index contributed by atoms with van der Waals surface area (Å²) in [7, 11) is 0. The summed E-state index contributed by atoms with van der Waals surface area (Å²) in [5.41, 5.74) is 1.96. The van der Waals surface area contributed by atoms with Gasteiger partial charge in [0.2, 0.25) is 0 Å². The molecule has 9 heteroatoms. The molecule has 32 heavy (non-hydrogen) atoms. The molecule has 0 bridgehead atoms. The highest BCUT2D eigenvalue weighted by atomic mass is 32.1. The van der Waals surface area contributed by atoms with Crippen molar-refractivity contribution in [3.63, 3.8) is 0 Å². The number of anilines is 1. The zero-order valence-electron chi connectivity index (χ0n) is 19.4.